The Hall–Kier alpha value is -1.34. The van der Waals surface area contributed by atoms with Crippen LogP contribution in [0.5, 0.6) is 0 Å². The van der Waals surface area contributed by atoms with Crippen molar-refractivity contribution in [2.45, 2.75) is 45.2 Å². The van der Waals surface area contributed by atoms with Gasteiger partial charge in [0.05, 0.1) is 26.4 Å². The highest BCUT2D eigenvalue weighted by molar-refractivity contribution is 5.19. The summed E-state index contributed by atoms with van der Waals surface area (Å²) in [5, 5.41) is 0. The number of hydrogen-bond donors (Lipinski definition) is 0. The van der Waals surface area contributed by atoms with Crippen molar-refractivity contribution in [2.24, 2.45) is 11.8 Å². The highest BCUT2D eigenvalue weighted by Crippen LogP contribution is 2.28. The second-order valence-corrected chi connectivity index (χ2v) is 7.19. The number of unbranched alkanes of at least 4 members (excludes halogenated alkanes) is 1. The molecule has 2 heterocycles. The largest absolute Gasteiger partial charge is 0.352 e. The summed E-state index contributed by atoms with van der Waals surface area (Å²) in [6.07, 6.45) is 7.45. The molecule has 0 radical (unpaired) electrons. The van der Waals surface area contributed by atoms with E-state index in [0.29, 0.717) is 37.9 Å². The summed E-state index contributed by atoms with van der Waals surface area (Å²) < 4.78 is 49.3. The minimum Gasteiger partial charge on any atom is -0.352 e. The smallest absolute Gasteiger partial charge is 0.183 e. The van der Waals surface area contributed by atoms with Gasteiger partial charge < -0.3 is 18.9 Å². The lowest BCUT2D eigenvalue weighted by Gasteiger charge is -2.32. The van der Waals surface area contributed by atoms with Crippen molar-refractivity contribution in [3.8, 4) is 0 Å². The topological polar surface area (TPSA) is 36.9 Å². The van der Waals surface area contributed by atoms with Gasteiger partial charge in [0.15, 0.2) is 24.2 Å². The molecule has 0 aromatic heterocycles. The monoisotopic (exact) mass is 382 g/mol. The van der Waals surface area contributed by atoms with E-state index in [1.807, 2.05) is 0 Å². The van der Waals surface area contributed by atoms with Crippen LogP contribution in [0.4, 0.5) is 8.78 Å². The van der Waals surface area contributed by atoms with Crippen LogP contribution in [0.3, 0.4) is 0 Å². The molecule has 0 saturated carbocycles. The van der Waals surface area contributed by atoms with Crippen LogP contribution >= 0.6 is 0 Å². The fraction of sp³-hybridized carbons (Fsp3) is 0.619. The van der Waals surface area contributed by atoms with E-state index < -0.39 is 17.9 Å². The van der Waals surface area contributed by atoms with E-state index >= 15 is 0 Å². The molecule has 0 atom stereocenters. The third-order valence-corrected chi connectivity index (χ3v) is 4.85. The Labute approximate surface area is 159 Å². The molecule has 0 bridgehead atoms. The Morgan fingerprint density at radius 3 is 2.37 bits per heavy atom. The van der Waals surface area contributed by atoms with Gasteiger partial charge in [0, 0.05) is 17.4 Å². The molecule has 0 amide bonds. The lowest BCUT2D eigenvalue weighted by atomic mass is 10.0. The summed E-state index contributed by atoms with van der Waals surface area (Å²) in [5.41, 5.74) is 0.494. The van der Waals surface area contributed by atoms with Crippen molar-refractivity contribution in [1.82, 2.24) is 0 Å². The van der Waals surface area contributed by atoms with Crippen LogP contribution in [0.2, 0.25) is 0 Å². The summed E-state index contributed by atoms with van der Waals surface area (Å²) >= 11 is 0. The molecule has 0 aliphatic carbocycles. The van der Waals surface area contributed by atoms with Crippen LogP contribution in [0, 0.1) is 23.5 Å². The Balaban J connectivity index is 1.35. The van der Waals surface area contributed by atoms with Crippen molar-refractivity contribution >= 4 is 0 Å². The molecular formula is C21H28F2O4. The number of rotatable bonds is 7. The molecule has 1 aromatic carbocycles. The number of ether oxygens (including phenoxy) is 4. The van der Waals surface area contributed by atoms with E-state index in [0.717, 1.165) is 37.8 Å². The molecule has 2 fully saturated rings. The predicted molar refractivity (Wildman–Crippen MR) is 97.0 cm³/mol. The van der Waals surface area contributed by atoms with E-state index in [9.17, 15) is 8.78 Å². The van der Waals surface area contributed by atoms with Gasteiger partial charge in [0.25, 0.3) is 0 Å². The zero-order valence-corrected chi connectivity index (χ0v) is 15.7. The maximum atomic E-state index is 13.3. The van der Waals surface area contributed by atoms with E-state index in [-0.39, 0.29) is 12.2 Å². The fourth-order valence-corrected chi connectivity index (χ4v) is 3.22. The quantitative estimate of drug-likeness (QED) is 0.638. The number of allylic oxidation sites excluding steroid dienone is 1. The fourth-order valence-electron chi connectivity index (χ4n) is 3.22. The van der Waals surface area contributed by atoms with Gasteiger partial charge >= 0.3 is 0 Å². The second-order valence-electron chi connectivity index (χ2n) is 7.19. The second kappa shape index (κ2) is 10.3. The molecular weight excluding hydrogens is 354 g/mol. The summed E-state index contributed by atoms with van der Waals surface area (Å²) in [5.74, 6) is -1.19. The summed E-state index contributed by atoms with van der Waals surface area (Å²) in [4.78, 5) is 0. The van der Waals surface area contributed by atoms with Gasteiger partial charge in [-0.05, 0) is 31.4 Å². The van der Waals surface area contributed by atoms with Crippen LogP contribution in [0.15, 0.2) is 30.4 Å². The van der Waals surface area contributed by atoms with Crippen molar-refractivity contribution in [3.05, 3.63) is 47.5 Å². The SMILES string of the molecule is CCC/C=C/C1COC(CC[C@H]2CO[C@H](c3ccc(F)c(F)c3)OC2)OC1. The highest BCUT2D eigenvalue weighted by atomic mass is 19.2. The van der Waals surface area contributed by atoms with Crippen LogP contribution in [0.1, 0.15) is 44.5 Å². The van der Waals surface area contributed by atoms with Crippen LogP contribution in [-0.4, -0.2) is 32.7 Å². The van der Waals surface area contributed by atoms with Crippen molar-refractivity contribution < 1.29 is 27.7 Å². The molecule has 1 aromatic rings. The van der Waals surface area contributed by atoms with Crippen LogP contribution in [0.25, 0.3) is 0 Å². The van der Waals surface area contributed by atoms with Crippen LogP contribution in [-0.2, 0) is 18.9 Å². The first-order valence-electron chi connectivity index (χ1n) is 9.73. The Morgan fingerprint density at radius 1 is 0.963 bits per heavy atom. The molecule has 150 valence electrons. The number of hydrogen-bond acceptors (Lipinski definition) is 4. The normalized spacial score (nSPS) is 29.3. The summed E-state index contributed by atoms with van der Waals surface area (Å²) in [7, 11) is 0. The van der Waals surface area contributed by atoms with E-state index in [1.54, 1.807) is 0 Å². The van der Waals surface area contributed by atoms with Crippen molar-refractivity contribution in [3.63, 3.8) is 0 Å². The van der Waals surface area contributed by atoms with Gasteiger partial charge in [-0.25, -0.2) is 8.78 Å². The van der Waals surface area contributed by atoms with Gasteiger partial charge in [-0.3, -0.25) is 0 Å². The molecule has 6 heteroatoms. The highest BCUT2D eigenvalue weighted by Gasteiger charge is 2.26. The zero-order valence-electron chi connectivity index (χ0n) is 15.7. The molecule has 0 unspecified atom stereocenters. The summed E-state index contributed by atoms with van der Waals surface area (Å²) in [6, 6.07) is 3.69. The molecule has 3 rings (SSSR count). The minimum atomic E-state index is -0.892. The third kappa shape index (κ3) is 6.07. The van der Waals surface area contributed by atoms with Gasteiger partial charge in [0.2, 0.25) is 0 Å². The Kier molecular flexibility index (Phi) is 7.76. The molecule has 27 heavy (non-hydrogen) atoms. The maximum absolute atomic E-state index is 13.3. The Morgan fingerprint density at radius 2 is 1.70 bits per heavy atom. The average Bonchev–Trinajstić information content (AvgIpc) is 2.70. The minimum absolute atomic E-state index is 0.176. The van der Waals surface area contributed by atoms with E-state index in [4.69, 9.17) is 18.9 Å². The van der Waals surface area contributed by atoms with Gasteiger partial charge in [0.1, 0.15) is 0 Å². The van der Waals surface area contributed by atoms with Crippen molar-refractivity contribution in [1.29, 1.82) is 0 Å². The first-order valence-corrected chi connectivity index (χ1v) is 9.73. The van der Waals surface area contributed by atoms with Gasteiger partial charge in [-0.2, -0.15) is 0 Å². The van der Waals surface area contributed by atoms with Gasteiger partial charge in [-0.15, -0.1) is 0 Å². The van der Waals surface area contributed by atoms with Crippen molar-refractivity contribution in [2.75, 3.05) is 26.4 Å². The van der Waals surface area contributed by atoms with E-state index in [1.165, 1.54) is 6.07 Å². The standard InChI is InChI=1S/C21H28F2O4/c1-2-3-4-5-15-11-24-20(25-12-15)9-6-16-13-26-21(27-14-16)17-7-8-18(22)19(23)10-17/h4-5,7-8,10,15-16,20-21H,2-3,6,9,11-14H2,1H3/b5-4+/t15?,16-,20?,21-. The lowest BCUT2D eigenvalue weighted by Crippen LogP contribution is -2.33. The lowest BCUT2D eigenvalue weighted by molar-refractivity contribution is -0.217. The van der Waals surface area contributed by atoms with E-state index in [2.05, 4.69) is 19.1 Å². The number of benzene rings is 1. The average molecular weight is 382 g/mol. The molecule has 4 nitrogen and oxygen atoms in total. The number of halogens is 2. The Bertz CT molecular complexity index is 606. The maximum Gasteiger partial charge on any atom is 0.183 e. The first kappa shape index (κ1) is 20.4. The molecule has 2 aliphatic heterocycles. The van der Waals surface area contributed by atoms with Gasteiger partial charge in [-0.1, -0.05) is 31.6 Å². The third-order valence-electron chi connectivity index (χ3n) is 4.85. The first-order chi connectivity index (χ1) is 13.2. The molecule has 2 saturated heterocycles. The molecule has 0 spiro atoms. The van der Waals surface area contributed by atoms with Crippen LogP contribution < -0.4 is 0 Å². The predicted octanol–water partition coefficient (Wildman–Crippen LogP) is 4.75. The molecule has 0 N–H and O–H groups in total. The summed E-state index contributed by atoms with van der Waals surface area (Å²) in [6.45, 7) is 4.58. The molecule has 2 aliphatic rings. The zero-order chi connectivity index (χ0) is 19.1.